The maximum Gasteiger partial charge on any atom is 0.407 e. The first-order chi connectivity index (χ1) is 11.7. The highest BCUT2D eigenvalue weighted by Gasteiger charge is 2.26. The Labute approximate surface area is 147 Å². The fourth-order valence-electron chi connectivity index (χ4n) is 3.98. The second kappa shape index (κ2) is 10.9. The maximum atomic E-state index is 11.0. The molecule has 1 saturated heterocycles. The maximum absolute atomic E-state index is 11.0. The molecule has 0 unspecified atom stereocenters. The normalized spacial score (nSPS) is 25.5. The molecular weight excluding hydrogens is 304 g/mol. The molecule has 0 spiro atoms. The standard InChI is InChI=1S/C19H36N2O3/c1-20(19(22)23)17-9-11-18(12-10-17)24-16-8-3-2-5-13-21-14-6-4-7-15-21/h17-18H,2-16H2,1H3,(H,22,23). The van der Waals surface area contributed by atoms with Gasteiger partial charge in [0, 0.05) is 19.7 Å². The molecule has 0 aromatic carbocycles. The molecule has 0 atom stereocenters. The van der Waals surface area contributed by atoms with Crippen LogP contribution in [0.15, 0.2) is 0 Å². The average Bonchev–Trinajstić information content (AvgIpc) is 2.61. The predicted molar refractivity (Wildman–Crippen MR) is 96.5 cm³/mol. The van der Waals surface area contributed by atoms with E-state index < -0.39 is 6.09 Å². The van der Waals surface area contributed by atoms with Crippen molar-refractivity contribution >= 4 is 6.09 Å². The molecule has 1 saturated carbocycles. The summed E-state index contributed by atoms with van der Waals surface area (Å²) in [6.45, 7) is 4.77. The summed E-state index contributed by atoms with van der Waals surface area (Å²) in [6.07, 6.45) is 12.7. The minimum atomic E-state index is -0.816. The first kappa shape index (κ1) is 19.5. The lowest BCUT2D eigenvalue weighted by atomic mass is 9.92. The highest BCUT2D eigenvalue weighted by molar-refractivity contribution is 5.64. The lowest BCUT2D eigenvalue weighted by molar-refractivity contribution is 0.00992. The Morgan fingerprint density at radius 3 is 2.38 bits per heavy atom. The Balaban J connectivity index is 1.42. The van der Waals surface area contributed by atoms with Gasteiger partial charge in [-0.15, -0.1) is 0 Å². The molecule has 2 rings (SSSR count). The number of ether oxygens (including phenoxy) is 1. The van der Waals surface area contributed by atoms with Gasteiger partial charge >= 0.3 is 6.09 Å². The van der Waals surface area contributed by atoms with Crippen LogP contribution in [0.1, 0.15) is 70.6 Å². The van der Waals surface area contributed by atoms with Crippen LogP contribution < -0.4 is 0 Å². The topological polar surface area (TPSA) is 53.0 Å². The summed E-state index contributed by atoms with van der Waals surface area (Å²) in [5.41, 5.74) is 0. The van der Waals surface area contributed by atoms with Crippen LogP contribution in [0.3, 0.4) is 0 Å². The average molecular weight is 341 g/mol. The van der Waals surface area contributed by atoms with Crippen LogP contribution in [-0.2, 0) is 4.74 Å². The summed E-state index contributed by atoms with van der Waals surface area (Å²) < 4.78 is 5.99. The second-order valence-electron chi connectivity index (χ2n) is 7.51. The lowest BCUT2D eigenvalue weighted by Crippen LogP contribution is -2.39. The Morgan fingerprint density at radius 2 is 1.71 bits per heavy atom. The van der Waals surface area contributed by atoms with E-state index in [1.807, 2.05) is 0 Å². The van der Waals surface area contributed by atoms with Crippen LogP contribution >= 0.6 is 0 Å². The molecule has 1 aliphatic heterocycles. The minimum Gasteiger partial charge on any atom is -0.465 e. The summed E-state index contributed by atoms with van der Waals surface area (Å²) in [7, 11) is 1.68. The molecular formula is C19H36N2O3. The van der Waals surface area contributed by atoms with Gasteiger partial charge in [0.25, 0.3) is 0 Å². The van der Waals surface area contributed by atoms with E-state index in [2.05, 4.69) is 4.90 Å². The molecule has 140 valence electrons. The van der Waals surface area contributed by atoms with Gasteiger partial charge in [-0.3, -0.25) is 0 Å². The largest absolute Gasteiger partial charge is 0.465 e. The van der Waals surface area contributed by atoms with Gasteiger partial charge in [0.05, 0.1) is 6.10 Å². The third kappa shape index (κ3) is 6.98. The van der Waals surface area contributed by atoms with E-state index in [9.17, 15) is 4.79 Å². The van der Waals surface area contributed by atoms with E-state index in [1.165, 1.54) is 63.1 Å². The van der Waals surface area contributed by atoms with Crippen molar-refractivity contribution in [1.29, 1.82) is 0 Å². The minimum absolute atomic E-state index is 0.178. The van der Waals surface area contributed by atoms with Gasteiger partial charge in [0.15, 0.2) is 0 Å². The molecule has 1 aliphatic carbocycles. The van der Waals surface area contributed by atoms with Gasteiger partial charge < -0.3 is 19.6 Å². The molecule has 0 aromatic rings. The Kier molecular flexibility index (Phi) is 8.89. The van der Waals surface area contributed by atoms with Crippen molar-refractivity contribution in [2.45, 2.75) is 82.8 Å². The molecule has 1 amide bonds. The Bertz CT molecular complexity index is 351. The first-order valence-electron chi connectivity index (χ1n) is 9.96. The fourth-order valence-corrected chi connectivity index (χ4v) is 3.98. The predicted octanol–water partition coefficient (Wildman–Crippen LogP) is 3.97. The molecule has 24 heavy (non-hydrogen) atoms. The first-order valence-corrected chi connectivity index (χ1v) is 9.96. The monoisotopic (exact) mass is 340 g/mol. The van der Waals surface area contributed by atoms with Gasteiger partial charge in [-0.05, 0) is 71.0 Å². The number of hydrogen-bond acceptors (Lipinski definition) is 3. The summed E-state index contributed by atoms with van der Waals surface area (Å²) in [4.78, 5) is 15.0. The second-order valence-corrected chi connectivity index (χ2v) is 7.51. The molecule has 2 fully saturated rings. The molecule has 1 N–H and O–H groups in total. The van der Waals surface area contributed by atoms with Gasteiger partial charge in [-0.1, -0.05) is 19.3 Å². The van der Waals surface area contributed by atoms with Crippen molar-refractivity contribution in [3.8, 4) is 0 Å². The molecule has 0 radical (unpaired) electrons. The smallest absolute Gasteiger partial charge is 0.407 e. The van der Waals surface area contributed by atoms with Crippen LogP contribution in [0, 0.1) is 0 Å². The van der Waals surface area contributed by atoms with Crippen molar-refractivity contribution < 1.29 is 14.6 Å². The number of unbranched alkanes of at least 4 members (excludes halogenated alkanes) is 3. The van der Waals surface area contributed by atoms with Crippen LogP contribution in [-0.4, -0.2) is 66.4 Å². The van der Waals surface area contributed by atoms with E-state index in [4.69, 9.17) is 9.84 Å². The Hall–Kier alpha value is -0.810. The van der Waals surface area contributed by atoms with Crippen molar-refractivity contribution in [3.05, 3.63) is 0 Å². The van der Waals surface area contributed by atoms with Crippen molar-refractivity contribution in [2.75, 3.05) is 33.3 Å². The number of nitrogens with zero attached hydrogens (tertiary/aromatic N) is 2. The molecule has 0 aromatic heterocycles. The van der Waals surface area contributed by atoms with E-state index >= 15 is 0 Å². The van der Waals surface area contributed by atoms with Gasteiger partial charge in [0.1, 0.15) is 0 Å². The van der Waals surface area contributed by atoms with Gasteiger partial charge in [-0.2, -0.15) is 0 Å². The Morgan fingerprint density at radius 1 is 1.04 bits per heavy atom. The van der Waals surface area contributed by atoms with E-state index in [0.29, 0.717) is 6.10 Å². The van der Waals surface area contributed by atoms with Crippen molar-refractivity contribution in [1.82, 2.24) is 9.80 Å². The number of rotatable bonds is 9. The molecule has 5 nitrogen and oxygen atoms in total. The van der Waals surface area contributed by atoms with Crippen LogP contribution in [0.25, 0.3) is 0 Å². The molecule has 2 aliphatic rings. The summed E-state index contributed by atoms with van der Waals surface area (Å²) >= 11 is 0. The van der Waals surface area contributed by atoms with E-state index in [1.54, 1.807) is 7.05 Å². The molecule has 1 heterocycles. The van der Waals surface area contributed by atoms with Gasteiger partial charge in [0.2, 0.25) is 0 Å². The number of likely N-dealkylation sites (tertiary alicyclic amines) is 1. The number of hydrogen-bond donors (Lipinski definition) is 1. The fraction of sp³-hybridized carbons (Fsp3) is 0.947. The molecule has 5 heteroatoms. The number of piperidine rings is 1. The lowest BCUT2D eigenvalue weighted by Gasteiger charge is -2.33. The van der Waals surface area contributed by atoms with Crippen LogP contribution in [0.5, 0.6) is 0 Å². The van der Waals surface area contributed by atoms with Gasteiger partial charge in [-0.25, -0.2) is 4.79 Å². The number of carbonyl (C=O) groups is 1. The zero-order chi connectivity index (χ0) is 17.2. The number of carboxylic acid groups (broad SMARTS) is 1. The van der Waals surface area contributed by atoms with Crippen LogP contribution in [0.2, 0.25) is 0 Å². The van der Waals surface area contributed by atoms with E-state index in [-0.39, 0.29) is 6.04 Å². The highest BCUT2D eigenvalue weighted by Crippen LogP contribution is 2.24. The zero-order valence-electron chi connectivity index (χ0n) is 15.4. The highest BCUT2D eigenvalue weighted by atomic mass is 16.5. The SMILES string of the molecule is CN(C(=O)O)C1CCC(OCCCCCCN2CCCCC2)CC1. The van der Waals surface area contributed by atoms with Crippen LogP contribution in [0.4, 0.5) is 4.79 Å². The van der Waals surface area contributed by atoms with E-state index in [0.717, 1.165) is 38.7 Å². The summed E-state index contributed by atoms with van der Waals surface area (Å²) in [6, 6.07) is 0.178. The summed E-state index contributed by atoms with van der Waals surface area (Å²) in [5.74, 6) is 0. The third-order valence-electron chi connectivity index (χ3n) is 5.66. The molecule has 0 bridgehead atoms. The van der Waals surface area contributed by atoms with Crippen molar-refractivity contribution in [2.24, 2.45) is 0 Å². The third-order valence-corrected chi connectivity index (χ3v) is 5.66. The van der Waals surface area contributed by atoms with Crippen molar-refractivity contribution in [3.63, 3.8) is 0 Å². The summed E-state index contributed by atoms with van der Waals surface area (Å²) in [5, 5.41) is 9.02. The quantitative estimate of drug-likeness (QED) is 0.645. The number of amides is 1. The zero-order valence-corrected chi connectivity index (χ0v) is 15.4.